The second kappa shape index (κ2) is 10.5. The van der Waals surface area contributed by atoms with Crippen molar-refractivity contribution >= 4 is 0 Å². The van der Waals surface area contributed by atoms with E-state index in [1.54, 1.807) is 14.2 Å². The first-order valence-electron chi connectivity index (χ1n) is 11.8. The summed E-state index contributed by atoms with van der Waals surface area (Å²) >= 11 is 0. The molecule has 0 spiro atoms. The number of nitrogens with zero attached hydrogens (tertiary/aromatic N) is 7. The Labute approximate surface area is 201 Å². The molecule has 4 rings (SSSR count). The fourth-order valence-electron chi connectivity index (χ4n) is 4.42. The van der Waals surface area contributed by atoms with Crippen LogP contribution in [-0.4, -0.2) is 75.4 Å². The van der Waals surface area contributed by atoms with Gasteiger partial charge >= 0.3 is 0 Å². The van der Waals surface area contributed by atoms with Gasteiger partial charge in [0.15, 0.2) is 5.82 Å². The lowest BCUT2D eigenvalue weighted by molar-refractivity contribution is 0.0962. The summed E-state index contributed by atoms with van der Waals surface area (Å²) in [5.74, 6) is 2.40. The van der Waals surface area contributed by atoms with Gasteiger partial charge in [-0.05, 0) is 66.6 Å². The van der Waals surface area contributed by atoms with Crippen molar-refractivity contribution in [1.29, 1.82) is 0 Å². The number of hydrogen-bond donors (Lipinski definition) is 0. The Balaban J connectivity index is 1.67. The van der Waals surface area contributed by atoms with E-state index in [1.807, 2.05) is 35.3 Å². The summed E-state index contributed by atoms with van der Waals surface area (Å²) in [6.45, 7) is 11.1. The average molecular weight is 466 g/mol. The van der Waals surface area contributed by atoms with Gasteiger partial charge in [0, 0.05) is 50.7 Å². The molecule has 1 aliphatic rings. The molecule has 182 valence electrons. The van der Waals surface area contributed by atoms with Crippen molar-refractivity contribution in [1.82, 2.24) is 35.0 Å². The molecule has 0 unspecified atom stereocenters. The molecular weight excluding hydrogens is 430 g/mol. The minimum Gasteiger partial charge on any atom is -0.497 e. The Kier molecular flexibility index (Phi) is 7.43. The van der Waals surface area contributed by atoms with E-state index in [0.29, 0.717) is 0 Å². The molecule has 0 saturated carbocycles. The largest absolute Gasteiger partial charge is 0.497 e. The van der Waals surface area contributed by atoms with Gasteiger partial charge in [-0.15, -0.1) is 5.10 Å². The Morgan fingerprint density at radius 1 is 1.00 bits per heavy atom. The van der Waals surface area contributed by atoms with Gasteiger partial charge < -0.3 is 9.47 Å². The smallest absolute Gasteiger partial charge is 0.173 e. The lowest BCUT2D eigenvalue weighted by Crippen LogP contribution is -2.48. The van der Waals surface area contributed by atoms with Crippen LogP contribution in [0.1, 0.15) is 50.2 Å². The minimum absolute atomic E-state index is 0.158. The van der Waals surface area contributed by atoms with Crippen molar-refractivity contribution in [3.63, 3.8) is 0 Å². The van der Waals surface area contributed by atoms with Gasteiger partial charge in [-0.1, -0.05) is 6.92 Å². The SMILES string of the molecule is CCC(C)(C)n1nnnc1[C@@H](c1cc(OC)ccc1OC)N1CCN(Cc2ccncc2)CC1. The summed E-state index contributed by atoms with van der Waals surface area (Å²) in [5.41, 5.74) is 2.07. The average Bonchev–Trinajstić information content (AvgIpc) is 3.36. The van der Waals surface area contributed by atoms with E-state index < -0.39 is 0 Å². The summed E-state index contributed by atoms with van der Waals surface area (Å²) in [6.07, 6.45) is 4.62. The number of rotatable bonds is 9. The highest BCUT2D eigenvalue weighted by atomic mass is 16.5. The zero-order valence-electron chi connectivity index (χ0n) is 20.8. The molecule has 3 heterocycles. The molecule has 0 radical (unpaired) electrons. The topological polar surface area (TPSA) is 81.4 Å². The molecule has 1 fully saturated rings. The molecule has 9 heteroatoms. The maximum absolute atomic E-state index is 5.79. The zero-order valence-corrected chi connectivity index (χ0v) is 20.8. The molecule has 3 aromatic rings. The van der Waals surface area contributed by atoms with Gasteiger partial charge in [0.1, 0.15) is 17.5 Å². The maximum atomic E-state index is 5.79. The maximum Gasteiger partial charge on any atom is 0.173 e. The number of ether oxygens (including phenoxy) is 2. The molecule has 34 heavy (non-hydrogen) atoms. The van der Waals surface area contributed by atoms with Crippen LogP contribution in [0.15, 0.2) is 42.7 Å². The predicted octanol–water partition coefficient (Wildman–Crippen LogP) is 3.14. The first-order valence-corrected chi connectivity index (χ1v) is 11.8. The molecule has 1 aromatic carbocycles. The third-order valence-electron chi connectivity index (χ3n) is 6.84. The van der Waals surface area contributed by atoms with E-state index >= 15 is 0 Å². The van der Waals surface area contributed by atoms with Gasteiger partial charge in [-0.3, -0.25) is 14.8 Å². The number of benzene rings is 1. The van der Waals surface area contributed by atoms with Crippen molar-refractivity contribution in [3.8, 4) is 11.5 Å². The molecule has 0 bridgehead atoms. The van der Waals surface area contributed by atoms with E-state index in [4.69, 9.17) is 9.47 Å². The summed E-state index contributed by atoms with van der Waals surface area (Å²) in [4.78, 5) is 9.06. The first-order chi connectivity index (χ1) is 16.5. The van der Waals surface area contributed by atoms with Crippen molar-refractivity contribution in [2.24, 2.45) is 0 Å². The first kappa shape index (κ1) is 24.1. The summed E-state index contributed by atoms with van der Waals surface area (Å²) < 4.78 is 13.3. The quantitative estimate of drug-likeness (QED) is 0.477. The minimum atomic E-state index is -0.216. The molecule has 1 aliphatic heterocycles. The van der Waals surface area contributed by atoms with Gasteiger partial charge in [0.2, 0.25) is 0 Å². The van der Waals surface area contributed by atoms with E-state index in [0.717, 1.165) is 62.0 Å². The van der Waals surface area contributed by atoms with Crippen LogP contribution in [0, 0.1) is 0 Å². The highest BCUT2D eigenvalue weighted by Crippen LogP contribution is 2.38. The molecule has 1 saturated heterocycles. The third kappa shape index (κ3) is 5.05. The van der Waals surface area contributed by atoms with Gasteiger partial charge in [-0.25, -0.2) is 4.68 Å². The molecule has 9 nitrogen and oxygen atoms in total. The molecule has 2 aromatic heterocycles. The molecule has 1 atom stereocenters. The van der Waals surface area contributed by atoms with Crippen molar-refractivity contribution in [2.45, 2.75) is 45.3 Å². The van der Waals surface area contributed by atoms with Crippen LogP contribution >= 0.6 is 0 Å². The summed E-state index contributed by atoms with van der Waals surface area (Å²) in [7, 11) is 3.39. The number of tetrazole rings is 1. The number of pyridine rings is 1. The molecular formula is C25H35N7O2. The standard InChI is InChI=1S/C25H35N7O2/c1-6-25(2,3)32-24(27-28-29-32)23(21-17-20(33-4)7-8-22(21)34-5)31-15-13-30(14-16-31)18-19-9-11-26-12-10-19/h7-12,17,23H,6,13-16,18H2,1-5H3/t23-/m1/s1. The Morgan fingerprint density at radius 2 is 1.74 bits per heavy atom. The Bertz CT molecular complexity index is 1060. The van der Waals surface area contributed by atoms with Crippen molar-refractivity contribution in [2.75, 3.05) is 40.4 Å². The van der Waals surface area contributed by atoms with Crippen molar-refractivity contribution in [3.05, 3.63) is 59.7 Å². The highest BCUT2D eigenvalue weighted by Gasteiger charge is 2.35. The second-order valence-corrected chi connectivity index (χ2v) is 9.29. The van der Waals surface area contributed by atoms with E-state index in [2.05, 4.69) is 63.2 Å². The van der Waals surface area contributed by atoms with Crippen LogP contribution < -0.4 is 9.47 Å². The van der Waals surface area contributed by atoms with Crippen LogP contribution in [0.3, 0.4) is 0 Å². The van der Waals surface area contributed by atoms with Gasteiger partial charge in [0.25, 0.3) is 0 Å². The number of piperazine rings is 1. The predicted molar refractivity (Wildman–Crippen MR) is 130 cm³/mol. The van der Waals surface area contributed by atoms with Crippen LogP contribution in [0.5, 0.6) is 11.5 Å². The lowest BCUT2D eigenvalue weighted by atomic mass is 9.98. The normalized spacial score (nSPS) is 16.4. The lowest BCUT2D eigenvalue weighted by Gasteiger charge is -2.40. The van der Waals surface area contributed by atoms with Gasteiger partial charge in [0.05, 0.1) is 19.8 Å². The highest BCUT2D eigenvalue weighted by molar-refractivity contribution is 5.44. The molecule has 0 amide bonds. The van der Waals surface area contributed by atoms with Crippen LogP contribution in [0.2, 0.25) is 0 Å². The molecule has 0 N–H and O–H groups in total. The Morgan fingerprint density at radius 3 is 2.38 bits per heavy atom. The van der Waals surface area contributed by atoms with E-state index in [1.165, 1.54) is 5.56 Å². The zero-order chi connectivity index (χ0) is 24.1. The summed E-state index contributed by atoms with van der Waals surface area (Å²) in [5, 5.41) is 13.0. The van der Waals surface area contributed by atoms with E-state index in [9.17, 15) is 0 Å². The summed E-state index contributed by atoms with van der Waals surface area (Å²) in [6, 6.07) is 9.93. The second-order valence-electron chi connectivity index (χ2n) is 9.29. The third-order valence-corrected chi connectivity index (χ3v) is 6.84. The van der Waals surface area contributed by atoms with Crippen LogP contribution in [-0.2, 0) is 12.1 Å². The number of hydrogen-bond acceptors (Lipinski definition) is 8. The number of methoxy groups -OCH3 is 2. The fourth-order valence-corrected chi connectivity index (χ4v) is 4.42. The fraction of sp³-hybridized carbons (Fsp3) is 0.520. The van der Waals surface area contributed by atoms with Crippen LogP contribution in [0.25, 0.3) is 0 Å². The van der Waals surface area contributed by atoms with Crippen molar-refractivity contribution < 1.29 is 9.47 Å². The van der Waals surface area contributed by atoms with Crippen LogP contribution in [0.4, 0.5) is 0 Å². The van der Waals surface area contributed by atoms with Gasteiger partial charge in [-0.2, -0.15) is 0 Å². The van der Waals surface area contributed by atoms with E-state index in [-0.39, 0.29) is 11.6 Å². The number of aromatic nitrogens is 5. The Hall–Kier alpha value is -3.04. The molecule has 0 aliphatic carbocycles. The monoisotopic (exact) mass is 465 g/mol.